The first-order valence-electron chi connectivity index (χ1n) is 6.71. The smallest absolute Gasteiger partial charge is 0.257 e. The average Bonchev–Trinajstić information content (AvgIpc) is 3.35. The number of hydrogen-bond acceptors (Lipinski definition) is 8. The van der Waals surface area contributed by atoms with Crippen LogP contribution >= 0.6 is 11.3 Å². The van der Waals surface area contributed by atoms with Crippen LogP contribution in [0.5, 0.6) is 5.75 Å². The van der Waals surface area contributed by atoms with Crippen molar-refractivity contribution >= 4 is 11.3 Å². The highest BCUT2D eigenvalue weighted by molar-refractivity contribution is 7.13. The Hall–Kier alpha value is -3.07. The van der Waals surface area contributed by atoms with E-state index in [0.717, 1.165) is 10.6 Å². The van der Waals surface area contributed by atoms with E-state index in [0.29, 0.717) is 17.5 Å². The van der Waals surface area contributed by atoms with Crippen LogP contribution in [0.2, 0.25) is 0 Å². The molecule has 8 nitrogen and oxygen atoms in total. The van der Waals surface area contributed by atoms with Crippen molar-refractivity contribution in [2.75, 3.05) is 0 Å². The van der Waals surface area contributed by atoms with Gasteiger partial charge in [-0.25, -0.2) is 4.68 Å². The number of thiophene rings is 1. The SMILES string of the molecule is c1csc(-c2nnc(COc3ccc(-n4cnnn4)cc3)o2)c1. The second kappa shape index (κ2) is 5.97. The van der Waals surface area contributed by atoms with E-state index < -0.39 is 0 Å². The van der Waals surface area contributed by atoms with Crippen LogP contribution < -0.4 is 4.74 Å². The van der Waals surface area contributed by atoms with E-state index >= 15 is 0 Å². The predicted octanol–water partition coefficient (Wildman–Crippen LogP) is 2.35. The monoisotopic (exact) mass is 326 g/mol. The number of hydrogen-bond donors (Lipinski definition) is 0. The molecule has 3 aromatic heterocycles. The molecule has 3 heterocycles. The lowest BCUT2D eigenvalue weighted by molar-refractivity contribution is 0.264. The van der Waals surface area contributed by atoms with E-state index in [-0.39, 0.29) is 6.61 Å². The van der Waals surface area contributed by atoms with Crippen LogP contribution in [0.25, 0.3) is 16.5 Å². The molecular formula is C14H10N6O2S. The first-order valence-corrected chi connectivity index (χ1v) is 7.59. The van der Waals surface area contributed by atoms with Crippen LogP contribution in [0, 0.1) is 0 Å². The maximum atomic E-state index is 5.64. The van der Waals surface area contributed by atoms with E-state index in [4.69, 9.17) is 9.15 Å². The molecule has 0 saturated carbocycles. The van der Waals surface area contributed by atoms with Crippen molar-refractivity contribution in [3.63, 3.8) is 0 Å². The molecule has 0 unspecified atom stereocenters. The summed E-state index contributed by atoms with van der Waals surface area (Å²) in [7, 11) is 0. The number of ether oxygens (including phenoxy) is 1. The zero-order valence-electron chi connectivity index (χ0n) is 11.7. The van der Waals surface area contributed by atoms with Crippen molar-refractivity contribution < 1.29 is 9.15 Å². The summed E-state index contributed by atoms with van der Waals surface area (Å²) >= 11 is 1.55. The Kier molecular flexibility index (Phi) is 3.53. The highest BCUT2D eigenvalue weighted by atomic mass is 32.1. The summed E-state index contributed by atoms with van der Waals surface area (Å²) in [5, 5.41) is 21.0. The summed E-state index contributed by atoms with van der Waals surface area (Å²) in [5.74, 6) is 1.63. The van der Waals surface area contributed by atoms with Gasteiger partial charge in [-0.3, -0.25) is 0 Å². The van der Waals surface area contributed by atoms with E-state index in [1.807, 2.05) is 41.8 Å². The summed E-state index contributed by atoms with van der Waals surface area (Å²) < 4.78 is 12.8. The van der Waals surface area contributed by atoms with E-state index in [1.165, 1.54) is 6.33 Å². The van der Waals surface area contributed by atoms with Gasteiger partial charge in [-0.05, 0) is 46.1 Å². The molecular weight excluding hydrogens is 316 g/mol. The summed E-state index contributed by atoms with van der Waals surface area (Å²) in [6.07, 6.45) is 1.53. The molecule has 9 heteroatoms. The lowest BCUT2D eigenvalue weighted by atomic mass is 10.3. The van der Waals surface area contributed by atoms with Crippen LogP contribution in [0.15, 0.2) is 52.5 Å². The number of benzene rings is 1. The first kappa shape index (κ1) is 13.6. The molecule has 0 fully saturated rings. The minimum atomic E-state index is 0.211. The van der Waals surface area contributed by atoms with Crippen LogP contribution in [0.4, 0.5) is 0 Å². The molecule has 23 heavy (non-hydrogen) atoms. The standard InChI is InChI=1S/C14H10N6O2S/c1-2-12(23-7-1)14-17-16-13(22-14)8-21-11-5-3-10(4-6-11)20-9-15-18-19-20/h1-7,9H,8H2. The first-order chi connectivity index (χ1) is 11.4. The Labute approximate surface area is 134 Å². The number of tetrazole rings is 1. The Morgan fingerprint density at radius 2 is 2.04 bits per heavy atom. The fourth-order valence-electron chi connectivity index (χ4n) is 1.93. The number of nitrogens with zero attached hydrogens (tertiary/aromatic N) is 6. The normalized spacial score (nSPS) is 10.8. The molecule has 1 aromatic carbocycles. The second-order valence-electron chi connectivity index (χ2n) is 4.52. The van der Waals surface area contributed by atoms with E-state index in [1.54, 1.807) is 16.0 Å². The molecule has 0 spiro atoms. The van der Waals surface area contributed by atoms with Gasteiger partial charge in [-0.15, -0.1) is 26.6 Å². The van der Waals surface area contributed by atoms with Gasteiger partial charge >= 0.3 is 0 Å². The molecule has 0 amide bonds. The quantitative estimate of drug-likeness (QED) is 0.556. The van der Waals surface area contributed by atoms with Crippen molar-refractivity contribution in [3.05, 3.63) is 54.0 Å². The van der Waals surface area contributed by atoms with Gasteiger partial charge in [-0.1, -0.05) is 6.07 Å². The minimum absolute atomic E-state index is 0.211. The molecule has 0 saturated heterocycles. The molecule has 0 radical (unpaired) electrons. The van der Waals surface area contributed by atoms with E-state index in [9.17, 15) is 0 Å². The van der Waals surface area contributed by atoms with Crippen molar-refractivity contribution in [1.82, 2.24) is 30.4 Å². The summed E-state index contributed by atoms with van der Waals surface area (Å²) in [4.78, 5) is 0.939. The molecule has 0 aliphatic heterocycles. The van der Waals surface area contributed by atoms with E-state index in [2.05, 4.69) is 25.7 Å². The summed E-state index contributed by atoms with van der Waals surface area (Å²) in [6.45, 7) is 0.211. The molecule has 0 bridgehead atoms. The van der Waals surface area contributed by atoms with Gasteiger partial charge in [0.1, 0.15) is 12.1 Å². The van der Waals surface area contributed by atoms with Gasteiger partial charge in [-0.2, -0.15) is 0 Å². The number of aromatic nitrogens is 6. The van der Waals surface area contributed by atoms with Gasteiger partial charge in [0.25, 0.3) is 11.8 Å². The zero-order chi connectivity index (χ0) is 15.5. The maximum Gasteiger partial charge on any atom is 0.257 e. The predicted molar refractivity (Wildman–Crippen MR) is 81.1 cm³/mol. The third-order valence-electron chi connectivity index (χ3n) is 3.01. The summed E-state index contributed by atoms with van der Waals surface area (Å²) in [6, 6.07) is 11.2. The van der Waals surface area contributed by atoms with Gasteiger partial charge in [0.15, 0.2) is 6.61 Å². The van der Waals surface area contributed by atoms with Crippen molar-refractivity contribution in [2.45, 2.75) is 6.61 Å². The van der Waals surface area contributed by atoms with Gasteiger partial charge in [0.05, 0.1) is 10.6 Å². The Morgan fingerprint density at radius 3 is 2.78 bits per heavy atom. The molecule has 114 valence electrons. The third kappa shape index (κ3) is 2.94. The van der Waals surface area contributed by atoms with Crippen molar-refractivity contribution in [1.29, 1.82) is 0 Å². The Morgan fingerprint density at radius 1 is 1.13 bits per heavy atom. The molecule has 0 aliphatic carbocycles. The molecule has 4 rings (SSSR count). The average molecular weight is 326 g/mol. The molecule has 0 N–H and O–H groups in total. The molecule has 4 aromatic rings. The lowest BCUT2D eigenvalue weighted by Crippen LogP contribution is -1.97. The number of rotatable bonds is 5. The van der Waals surface area contributed by atoms with Gasteiger partial charge < -0.3 is 9.15 Å². The molecule has 0 aliphatic rings. The van der Waals surface area contributed by atoms with Crippen LogP contribution in [0.3, 0.4) is 0 Å². The van der Waals surface area contributed by atoms with Crippen molar-refractivity contribution in [2.24, 2.45) is 0 Å². The van der Waals surface area contributed by atoms with Crippen molar-refractivity contribution in [3.8, 4) is 22.2 Å². The van der Waals surface area contributed by atoms with Gasteiger partial charge in [0, 0.05) is 0 Å². The third-order valence-corrected chi connectivity index (χ3v) is 3.87. The topological polar surface area (TPSA) is 91.8 Å². The fourth-order valence-corrected chi connectivity index (χ4v) is 2.58. The second-order valence-corrected chi connectivity index (χ2v) is 5.46. The Balaban J connectivity index is 1.41. The van der Waals surface area contributed by atoms with Crippen LogP contribution in [-0.2, 0) is 6.61 Å². The molecule has 0 atom stereocenters. The highest BCUT2D eigenvalue weighted by Crippen LogP contribution is 2.23. The van der Waals surface area contributed by atoms with Crippen LogP contribution in [-0.4, -0.2) is 30.4 Å². The highest BCUT2D eigenvalue weighted by Gasteiger charge is 2.09. The zero-order valence-corrected chi connectivity index (χ0v) is 12.6. The largest absolute Gasteiger partial charge is 0.484 e. The lowest BCUT2D eigenvalue weighted by Gasteiger charge is -2.04. The summed E-state index contributed by atoms with van der Waals surface area (Å²) in [5.41, 5.74) is 0.847. The fraction of sp³-hybridized carbons (Fsp3) is 0.0714. The minimum Gasteiger partial charge on any atom is -0.484 e. The maximum absolute atomic E-state index is 5.64. The van der Waals surface area contributed by atoms with Gasteiger partial charge in [0.2, 0.25) is 0 Å². The van der Waals surface area contributed by atoms with Crippen LogP contribution in [0.1, 0.15) is 5.89 Å². The Bertz CT molecular complexity index is 871.